The van der Waals surface area contributed by atoms with Crippen LogP contribution >= 0.6 is 0 Å². The lowest BCUT2D eigenvalue weighted by Crippen LogP contribution is -2.39. The second kappa shape index (κ2) is 8.03. The zero-order chi connectivity index (χ0) is 11.7. The summed E-state index contributed by atoms with van der Waals surface area (Å²) in [4.78, 5) is 21.4. The summed E-state index contributed by atoms with van der Waals surface area (Å²) in [6, 6.07) is -0.744. The molecule has 0 rings (SSSR count). The van der Waals surface area contributed by atoms with Crippen LogP contribution in [0.15, 0.2) is 12.7 Å². The van der Waals surface area contributed by atoms with Crippen molar-refractivity contribution in [1.82, 2.24) is 5.32 Å². The number of unbranched alkanes of at least 4 members (excludes halogenated alkanes) is 3. The highest BCUT2D eigenvalue weighted by Gasteiger charge is 2.16. The van der Waals surface area contributed by atoms with Gasteiger partial charge in [0.1, 0.15) is 6.04 Å². The Morgan fingerprint density at radius 2 is 2.07 bits per heavy atom. The molecule has 0 fully saturated rings. The van der Waals surface area contributed by atoms with E-state index in [4.69, 9.17) is 5.11 Å². The normalized spacial score (nSPS) is 11.8. The van der Waals surface area contributed by atoms with Crippen LogP contribution in [0.25, 0.3) is 0 Å². The van der Waals surface area contributed by atoms with Gasteiger partial charge >= 0.3 is 5.97 Å². The number of carbonyl (C=O) groups is 2. The van der Waals surface area contributed by atoms with Gasteiger partial charge in [0.2, 0.25) is 5.91 Å². The van der Waals surface area contributed by atoms with E-state index in [-0.39, 0.29) is 5.91 Å². The van der Waals surface area contributed by atoms with E-state index in [1.165, 1.54) is 6.92 Å². The Hall–Kier alpha value is -1.32. The van der Waals surface area contributed by atoms with Crippen molar-refractivity contribution in [2.75, 3.05) is 0 Å². The van der Waals surface area contributed by atoms with Gasteiger partial charge in [0.25, 0.3) is 0 Å². The number of carbonyl (C=O) groups excluding carboxylic acids is 1. The Morgan fingerprint density at radius 1 is 1.40 bits per heavy atom. The standard InChI is InChI=1S/C11H19NO3/c1-3-4-5-6-7-8-10(11(14)15)12-9(2)13/h3,10H,1,4-8H2,2H3,(H,12,13)(H,14,15)/t10-/m1/s1. The summed E-state index contributed by atoms with van der Waals surface area (Å²) in [5, 5.41) is 11.2. The maximum atomic E-state index is 10.7. The van der Waals surface area contributed by atoms with Gasteiger partial charge < -0.3 is 10.4 Å². The van der Waals surface area contributed by atoms with E-state index in [1.807, 2.05) is 6.08 Å². The molecular weight excluding hydrogens is 194 g/mol. The van der Waals surface area contributed by atoms with Crippen LogP contribution in [-0.2, 0) is 9.59 Å². The molecule has 0 aliphatic heterocycles. The molecule has 0 bridgehead atoms. The van der Waals surface area contributed by atoms with Crippen LogP contribution in [0, 0.1) is 0 Å². The van der Waals surface area contributed by atoms with Crippen molar-refractivity contribution in [3.63, 3.8) is 0 Å². The van der Waals surface area contributed by atoms with Crippen LogP contribution in [0.4, 0.5) is 0 Å². The largest absolute Gasteiger partial charge is 0.480 e. The van der Waals surface area contributed by atoms with E-state index in [0.29, 0.717) is 6.42 Å². The fourth-order valence-electron chi connectivity index (χ4n) is 1.32. The monoisotopic (exact) mass is 213 g/mol. The first-order chi connectivity index (χ1) is 7.07. The molecule has 0 aliphatic carbocycles. The molecule has 0 unspecified atom stereocenters. The summed E-state index contributed by atoms with van der Waals surface area (Å²) in [5.41, 5.74) is 0. The Kier molecular flexibility index (Phi) is 7.32. The zero-order valence-corrected chi connectivity index (χ0v) is 9.16. The van der Waals surface area contributed by atoms with Crippen LogP contribution in [0.1, 0.15) is 39.0 Å². The number of nitrogens with one attached hydrogen (secondary N) is 1. The number of amides is 1. The molecule has 0 aromatic heterocycles. The van der Waals surface area contributed by atoms with Gasteiger partial charge in [0, 0.05) is 6.92 Å². The molecule has 0 saturated heterocycles. The number of hydrogen-bond donors (Lipinski definition) is 2. The van der Waals surface area contributed by atoms with Crippen molar-refractivity contribution in [3.05, 3.63) is 12.7 Å². The molecule has 0 radical (unpaired) electrons. The second-order valence-electron chi connectivity index (χ2n) is 3.52. The van der Waals surface area contributed by atoms with E-state index in [0.717, 1.165) is 25.7 Å². The highest BCUT2D eigenvalue weighted by molar-refractivity contribution is 5.81. The zero-order valence-electron chi connectivity index (χ0n) is 9.16. The van der Waals surface area contributed by atoms with Gasteiger partial charge in [-0.15, -0.1) is 6.58 Å². The molecule has 1 atom stereocenters. The molecule has 86 valence electrons. The molecule has 0 saturated carbocycles. The molecule has 0 aliphatic rings. The smallest absolute Gasteiger partial charge is 0.326 e. The molecule has 4 nitrogen and oxygen atoms in total. The molecular formula is C11H19NO3. The van der Waals surface area contributed by atoms with E-state index in [9.17, 15) is 9.59 Å². The minimum Gasteiger partial charge on any atom is -0.480 e. The summed E-state index contributed by atoms with van der Waals surface area (Å²) in [6.45, 7) is 4.94. The number of carboxylic acids is 1. The summed E-state index contributed by atoms with van der Waals surface area (Å²) in [6.07, 6.45) is 6.10. The summed E-state index contributed by atoms with van der Waals surface area (Å²) >= 11 is 0. The van der Waals surface area contributed by atoms with E-state index in [1.54, 1.807) is 0 Å². The molecule has 0 heterocycles. The van der Waals surface area contributed by atoms with Crippen LogP contribution in [-0.4, -0.2) is 23.0 Å². The molecule has 0 aromatic rings. The third-order valence-corrected chi connectivity index (χ3v) is 2.08. The SMILES string of the molecule is C=CCCCCC[C@@H](NC(C)=O)C(=O)O. The van der Waals surface area contributed by atoms with Crippen molar-refractivity contribution in [2.24, 2.45) is 0 Å². The van der Waals surface area contributed by atoms with Crippen molar-refractivity contribution in [2.45, 2.75) is 45.1 Å². The van der Waals surface area contributed by atoms with E-state index >= 15 is 0 Å². The first-order valence-corrected chi connectivity index (χ1v) is 5.18. The van der Waals surface area contributed by atoms with Gasteiger partial charge in [-0.25, -0.2) is 4.79 Å². The fraction of sp³-hybridized carbons (Fsp3) is 0.636. The maximum Gasteiger partial charge on any atom is 0.326 e. The summed E-state index contributed by atoms with van der Waals surface area (Å²) < 4.78 is 0. The summed E-state index contributed by atoms with van der Waals surface area (Å²) in [5.74, 6) is -1.26. The second-order valence-corrected chi connectivity index (χ2v) is 3.52. The lowest BCUT2D eigenvalue weighted by molar-refractivity contribution is -0.141. The van der Waals surface area contributed by atoms with Crippen molar-refractivity contribution < 1.29 is 14.7 Å². The minimum absolute atomic E-state index is 0.298. The molecule has 1 amide bonds. The van der Waals surface area contributed by atoms with Crippen LogP contribution in [0.3, 0.4) is 0 Å². The van der Waals surface area contributed by atoms with Crippen molar-refractivity contribution >= 4 is 11.9 Å². The van der Waals surface area contributed by atoms with Gasteiger partial charge in [0.05, 0.1) is 0 Å². The van der Waals surface area contributed by atoms with Crippen molar-refractivity contribution in [1.29, 1.82) is 0 Å². The lowest BCUT2D eigenvalue weighted by Gasteiger charge is -2.12. The highest BCUT2D eigenvalue weighted by Crippen LogP contribution is 2.06. The molecule has 4 heteroatoms. The average molecular weight is 213 g/mol. The molecule has 2 N–H and O–H groups in total. The lowest BCUT2D eigenvalue weighted by atomic mass is 10.1. The van der Waals surface area contributed by atoms with Crippen LogP contribution in [0.2, 0.25) is 0 Å². The fourth-order valence-corrected chi connectivity index (χ4v) is 1.32. The average Bonchev–Trinajstić information content (AvgIpc) is 2.15. The molecule has 0 aromatic carbocycles. The van der Waals surface area contributed by atoms with E-state index < -0.39 is 12.0 Å². The van der Waals surface area contributed by atoms with Crippen LogP contribution < -0.4 is 5.32 Å². The van der Waals surface area contributed by atoms with Crippen LogP contribution in [0.5, 0.6) is 0 Å². The number of allylic oxidation sites excluding steroid dienone is 1. The Bertz CT molecular complexity index is 226. The van der Waals surface area contributed by atoms with Gasteiger partial charge in [0.15, 0.2) is 0 Å². The molecule has 15 heavy (non-hydrogen) atoms. The topological polar surface area (TPSA) is 66.4 Å². The van der Waals surface area contributed by atoms with Gasteiger partial charge in [-0.3, -0.25) is 4.79 Å². The van der Waals surface area contributed by atoms with Gasteiger partial charge in [-0.1, -0.05) is 18.9 Å². The first kappa shape index (κ1) is 13.7. The van der Waals surface area contributed by atoms with E-state index in [2.05, 4.69) is 11.9 Å². The predicted octanol–water partition coefficient (Wildman–Crippen LogP) is 1.71. The van der Waals surface area contributed by atoms with Crippen molar-refractivity contribution in [3.8, 4) is 0 Å². The number of aliphatic carboxylic acids is 1. The quantitative estimate of drug-likeness (QED) is 0.476. The number of carboxylic acid groups (broad SMARTS) is 1. The first-order valence-electron chi connectivity index (χ1n) is 5.18. The third kappa shape index (κ3) is 7.73. The minimum atomic E-state index is -0.964. The Labute approximate surface area is 90.4 Å². The maximum absolute atomic E-state index is 10.7. The van der Waals surface area contributed by atoms with Gasteiger partial charge in [-0.2, -0.15) is 0 Å². The Morgan fingerprint density at radius 3 is 2.53 bits per heavy atom. The predicted molar refractivity (Wildman–Crippen MR) is 58.5 cm³/mol. The third-order valence-electron chi connectivity index (χ3n) is 2.08. The number of hydrogen-bond acceptors (Lipinski definition) is 2. The highest BCUT2D eigenvalue weighted by atomic mass is 16.4. The molecule has 0 spiro atoms. The number of rotatable bonds is 8. The summed E-state index contributed by atoms with van der Waals surface area (Å²) in [7, 11) is 0. The van der Waals surface area contributed by atoms with Gasteiger partial charge in [-0.05, 0) is 19.3 Å². The Balaban J connectivity index is 3.71.